The SMILES string of the molecule is Cc1ccc(CN(Cc2ccc(F)cc2)C(=O)CN(CCN2CCOCC2)C(=O)Nc2ccccc2)o1. The van der Waals surface area contributed by atoms with Gasteiger partial charge in [-0.15, -0.1) is 0 Å². The molecule has 0 spiro atoms. The Morgan fingerprint density at radius 1 is 0.946 bits per heavy atom. The average molecular weight is 509 g/mol. The molecule has 2 aromatic carbocycles. The number of carbonyl (C=O) groups excluding carboxylic acids is 2. The van der Waals surface area contributed by atoms with Gasteiger partial charge in [-0.2, -0.15) is 0 Å². The Morgan fingerprint density at radius 2 is 1.68 bits per heavy atom. The minimum absolute atomic E-state index is 0.107. The highest BCUT2D eigenvalue weighted by molar-refractivity contribution is 5.92. The van der Waals surface area contributed by atoms with Gasteiger partial charge >= 0.3 is 6.03 Å². The molecule has 1 fully saturated rings. The molecular formula is C28H33FN4O4. The lowest BCUT2D eigenvalue weighted by Crippen LogP contribution is -2.48. The molecule has 2 heterocycles. The van der Waals surface area contributed by atoms with Crippen LogP contribution in [0.4, 0.5) is 14.9 Å². The molecule has 4 rings (SSSR count). The number of urea groups is 1. The van der Waals surface area contributed by atoms with Crippen LogP contribution in [0, 0.1) is 12.7 Å². The van der Waals surface area contributed by atoms with Gasteiger partial charge in [0.1, 0.15) is 23.9 Å². The van der Waals surface area contributed by atoms with Crippen LogP contribution in [0.5, 0.6) is 0 Å². The number of amides is 3. The number of ether oxygens (including phenoxy) is 1. The van der Waals surface area contributed by atoms with Crippen LogP contribution in [0.2, 0.25) is 0 Å². The van der Waals surface area contributed by atoms with Crippen LogP contribution >= 0.6 is 0 Å². The minimum atomic E-state index is -0.344. The first-order chi connectivity index (χ1) is 18.0. The van der Waals surface area contributed by atoms with E-state index >= 15 is 0 Å². The number of nitrogens with zero attached hydrogens (tertiary/aromatic N) is 3. The van der Waals surface area contributed by atoms with Gasteiger partial charge in [0.2, 0.25) is 5.91 Å². The molecule has 3 aromatic rings. The molecular weight excluding hydrogens is 475 g/mol. The van der Waals surface area contributed by atoms with E-state index in [-0.39, 0.29) is 37.4 Å². The minimum Gasteiger partial charge on any atom is -0.464 e. The summed E-state index contributed by atoms with van der Waals surface area (Å²) in [7, 11) is 0. The molecule has 8 nitrogen and oxygen atoms in total. The molecule has 1 N–H and O–H groups in total. The van der Waals surface area contributed by atoms with Crippen LogP contribution in [-0.4, -0.2) is 72.6 Å². The lowest BCUT2D eigenvalue weighted by Gasteiger charge is -2.31. The standard InChI is InChI=1S/C28H33FN4O4/c1-22-7-12-26(37-22)20-33(19-23-8-10-24(29)11-9-23)27(34)21-32(14-13-31-15-17-36-18-16-31)28(35)30-25-5-3-2-4-6-25/h2-12H,13-21H2,1H3,(H,30,35). The highest BCUT2D eigenvalue weighted by atomic mass is 19.1. The molecule has 1 aliphatic heterocycles. The van der Waals surface area contributed by atoms with Gasteiger partial charge in [0, 0.05) is 38.4 Å². The lowest BCUT2D eigenvalue weighted by molar-refractivity contribution is -0.133. The Labute approximate surface area is 216 Å². The Morgan fingerprint density at radius 3 is 2.35 bits per heavy atom. The summed E-state index contributed by atoms with van der Waals surface area (Å²) in [5, 5.41) is 2.90. The number of furan rings is 1. The zero-order chi connectivity index (χ0) is 26.0. The summed E-state index contributed by atoms with van der Waals surface area (Å²) in [5.74, 6) is 0.818. The van der Waals surface area contributed by atoms with Gasteiger partial charge in [-0.1, -0.05) is 30.3 Å². The summed E-state index contributed by atoms with van der Waals surface area (Å²) in [6.45, 7) is 6.14. The smallest absolute Gasteiger partial charge is 0.322 e. The number of para-hydroxylation sites is 1. The largest absolute Gasteiger partial charge is 0.464 e. The molecule has 37 heavy (non-hydrogen) atoms. The van der Waals surface area contributed by atoms with Gasteiger partial charge in [-0.05, 0) is 48.9 Å². The fourth-order valence-corrected chi connectivity index (χ4v) is 4.13. The average Bonchev–Trinajstić information content (AvgIpc) is 3.32. The maximum Gasteiger partial charge on any atom is 0.322 e. The third-order valence-corrected chi connectivity index (χ3v) is 6.21. The first-order valence-electron chi connectivity index (χ1n) is 12.4. The zero-order valence-corrected chi connectivity index (χ0v) is 21.1. The number of nitrogens with one attached hydrogen (secondary N) is 1. The number of rotatable bonds is 10. The molecule has 1 aromatic heterocycles. The summed E-state index contributed by atoms with van der Waals surface area (Å²) < 4.78 is 24.6. The van der Waals surface area contributed by atoms with Crippen molar-refractivity contribution in [3.63, 3.8) is 0 Å². The van der Waals surface area contributed by atoms with E-state index in [0.29, 0.717) is 37.8 Å². The Bertz CT molecular complexity index is 1150. The highest BCUT2D eigenvalue weighted by Gasteiger charge is 2.24. The van der Waals surface area contributed by atoms with Gasteiger partial charge in [-0.3, -0.25) is 9.69 Å². The van der Waals surface area contributed by atoms with Crippen molar-refractivity contribution in [2.75, 3.05) is 51.3 Å². The molecule has 1 saturated heterocycles. The van der Waals surface area contributed by atoms with E-state index in [0.717, 1.165) is 24.4 Å². The first-order valence-corrected chi connectivity index (χ1v) is 12.4. The molecule has 0 unspecified atom stereocenters. The van der Waals surface area contributed by atoms with E-state index in [1.165, 1.54) is 17.0 Å². The first kappa shape index (κ1) is 26.4. The predicted molar refractivity (Wildman–Crippen MR) is 138 cm³/mol. The number of hydrogen-bond donors (Lipinski definition) is 1. The molecule has 196 valence electrons. The third kappa shape index (κ3) is 8.16. The van der Waals surface area contributed by atoms with E-state index in [4.69, 9.17) is 9.15 Å². The number of morpholine rings is 1. The second-order valence-corrected chi connectivity index (χ2v) is 9.06. The van der Waals surface area contributed by atoms with Crippen molar-refractivity contribution in [3.8, 4) is 0 Å². The van der Waals surface area contributed by atoms with Crippen molar-refractivity contribution >= 4 is 17.6 Å². The zero-order valence-electron chi connectivity index (χ0n) is 21.1. The van der Waals surface area contributed by atoms with E-state index in [2.05, 4.69) is 10.2 Å². The predicted octanol–water partition coefficient (Wildman–Crippen LogP) is 4.12. The Kier molecular flexibility index (Phi) is 9.29. The van der Waals surface area contributed by atoms with Crippen molar-refractivity contribution < 1.29 is 23.1 Å². The number of halogens is 1. The number of hydrogen-bond acceptors (Lipinski definition) is 5. The number of anilines is 1. The van der Waals surface area contributed by atoms with Crippen molar-refractivity contribution in [1.29, 1.82) is 0 Å². The summed E-state index contributed by atoms with van der Waals surface area (Å²) in [6, 6.07) is 18.6. The van der Waals surface area contributed by atoms with Gasteiger partial charge in [0.05, 0.1) is 19.8 Å². The molecule has 9 heteroatoms. The molecule has 0 radical (unpaired) electrons. The van der Waals surface area contributed by atoms with Crippen LogP contribution in [0.1, 0.15) is 17.1 Å². The quantitative estimate of drug-likeness (QED) is 0.446. The number of carbonyl (C=O) groups is 2. The summed E-state index contributed by atoms with van der Waals surface area (Å²) in [4.78, 5) is 32.2. The molecule has 0 bridgehead atoms. The van der Waals surface area contributed by atoms with Gasteiger partial charge in [0.25, 0.3) is 0 Å². The topological polar surface area (TPSA) is 78.3 Å². The maximum absolute atomic E-state index is 13.6. The summed E-state index contributed by atoms with van der Waals surface area (Å²) in [6.07, 6.45) is 0. The van der Waals surface area contributed by atoms with Crippen molar-refractivity contribution in [2.24, 2.45) is 0 Å². The van der Waals surface area contributed by atoms with Crippen LogP contribution < -0.4 is 5.32 Å². The molecule has 1 aliphatic rings. The molecule has 0 aliphatic carbocycles. The Hall–Kier alpha value is -3.69. The van der Waals surface area contributed by atoms with Crippen molar-refractivity contribution in [1.82, 2.24) is 14.7 Å². The summed E-state index contributed by atoms with van der Waals surface area (Å²) in [5.41, 5.74) is 1.44. The molecule has 0 atom stereocenters. The van der Waals surface area contributed by atoms with Gasteiger partial charge < -0.3 is 24.3 Å². The van der Waals surface area contributed by atoms with Crippen LogP contribution in [-0.2, 0) is 22.6 Å². The second kappa shape index (κ2) is 13.0. The van der Waals surface area contributed by atoms with E-state index in [1.807, 2.05) is 37.3 Å². The third-order valence-electron chi connectivity index (χ3n) is 6.21. The van der Waals surface area contributed by atoms with Gasteiger partial charge in [0.15, 0.2) is 0 Å². The second-order valence-electron chi connectivity index (χ2n) is 9.06. The number of aryl methyl sites for hydroxylation is 1. The van der Waals surface area contributed by atoms with E-state index in [9.17, 15) is 14.0 Å². The monoisotopic (exact) mass is 508 g/mol. The Balaban J connectivity index is 1.49. The molecule has 0 saturated carbocycles. The highest BCUT2D eigenvalue weighted by Crippen LogP contribution is 2.15. The van der Waals surface area contributed by atoms with Crippen LogP contribution in [0.25, 0.3) is 0 Å². The van der Waals surface area contributed by atoms with Crippen LogP contribution in [0.15, 0.2) is 71.1 Å². The fourth-order valence-electron chi connectivity index (χ4n) is 4.13. The van der Waals surface area contributed by atoms with Crippen molar-refractivity contribution in [2.45, 2.75) is 20.0 Å². The van der Waals surface area contributed by atoms with Crippen molar-refractivity contribution in [3.05, 3.63) is 89.6 Å². The normalized spacial score (nSPS) is 13.8. The summed E-state index contributed by atoms with van der Waals surface area (Å²) >= 11 is 0. The number of benzene rings is 2. The van der Waals surface area contributed by atoms with E-state index < -0.39 is 0 Å². The van der Waals surface area contributed by atoms with Crippen LogP contribution in [0.3, 0.4) is 0 Å². The maximum atomic E-state index is 13.6. The lowest BCUT2D eigenvalue weighted by atomic mass is 10.2. The van der Waals surface area contributed by atoms with Gasteiger partial charge in [-0.25, -0.2) is 9.18 Å². The molecule has 3 amide bonds. The van der Waals surface area contributed by atoms with E-state index in [1.54, 1.807) is 29.2 Å². The fraction of sp³-hybridized carbons (Fsp3) is 0.357.